The molecule has 0 atom stereocenters. The van der Waals surface area contributed by atoms with Crippen LogP contribution in [0.2, 0.25) is 0 Å². The van der Waals surface area contributed by atoms with E-state index in [-0.39, 0.29) is 5.41 Å². The molecule has 0 saturated heterocycles. The zero-order chi connectivity index (χ0) is 13.3. The molecule has 0 aliphatic rings. The van der Waals surface area contributed by atoms with Crippen molar-refractivity contribution in [2.75, 3.05) is 19.7 Å². The maximum atomic E-state index is 9.65. The van der Waals surface area contributed by atoms with Crippen LogP contribution in [0.4, 0.5) is 0 Å². The molecule has 0 aromatic rings. The van der Waals surface area contributed by atoms with Crippen LogP contribution in [0.5, 0.6) is 0 Å². The highest BCUT2D eigenvalue weighted by Gasteiger charge is 2.28. The van der Waals surface area contributed by atoms with E-state index in [4.69, 9.17) is 0 Å². The fourth-order valence-electron chi connectivity index (χ4n) is 2.26. The topological polar surface area (TPSA) is 23.5 Å². The molecule has 0 heterocycles. The predicted octanol–water partition coefficient (Wildman–Crippen LogP) is 3.69. The van der Waals surface area contributed by atoms with Gasteiger partial charge in [0.1, 0.15) is 0 Å². The van der Waals surface area contributed by atoms with Crippen molar-refractivity contribution in [1.82, 2.24) is 4.90 Å². The molecule has 0 aromatic heterocycles. The van der Waals surface area contributed by atoms with Crippen molar-refractivity contribution < 1.29 is 5.11 Å². The molecular formula is C15H33NO. The highest BCUT2D eigenvalue weighted by molar-refractivity contribution is 4.81. The van der Waals surface area contributed by atoms with Crippen LogP contribution < -0.4 is 0 Å². The SMILES string of the molecule is CCCCCN(CC(CC)(CC)CO)C(C)C. The summed E-state index contributed by atoms with van der Waals surface area (Å²) in [5, 5.41) is 9.65. The van der Waals surface area contributed by atoms with E-state index >= 15 is 0 Å². The molecule has 0 spiro atoms. The summed E-state index contributed by atoms with van der Waals surface area (Å²) in [6.45, 7) is 13.7. The summed E-state index contributed by atoms with van der Waals surface area (Å²) < 4.78 is 0. The van der Waals surface area contributed by atoms with Gasteiger partial charge in [0, 0.05) is 24.6 Å². The summed E-state index contributed by atoms with van der Waals surface area (Å²) in [7, 11) is 0. The second-order valence-corrected chi connectivity index (χ2v) is 5.64. The van der Waals surface area contributed by atoms with Gasteiger partial charge in [-0.05, 0) is 39.7 Å². The molecule has 0 rings (SSSR count). The molecule has 0 aromatic carbocycles. The monoisotopic (exact) mass is 243 g/mol. The Bertz CT molecular complexity index is 167. The van der Waals surface area contributed by atoms with E-state index in [1.165, 1.54) is 25.8 Å². The molecule has 2 nitrogen and oxygen atoms in total. The van der Waals surface area contributed by atoms with Gasteiger partial charge < -0.3 is 10.0 Å². The van der Waals surface area contributed by atoms with Crippen molar-refractivity contribution in [3.63, 3.8) is 0 Å². The first-order chi connectivity index (χ1) is 8.05. The average Bonchev–Trinajstić information content (AvgIpc) is 2.34. The van der Waals surface area contributed by atoms with Crippen molar-refractivity contribution in [3.8, 4) is 0 Å². The van der Waals surface area contributed by atoms with Crippen molar-refractivity contribution in [2.24, 2.45) is 5.41 Å². The minimum Gasteiger partial charge on any atom is -0.396 e. The fourth-order valence-corrected chi connectivity index (χ4v) is 2.26. The Labute approximate surface area is 108 Å². The van der Waals surface area contributed by atoms with Crippen LogP contribution in [-0.2, 0) is 0 Å². The summed E-state index contributed by atoms with van der Waals surface area (Å²) in [5.41, 5.74) is 0.108. The van der Waals surface area contributed by atoms with Gasteiger partial charge in [0.25, 0.3) is 0 Å². The first-order valence-electron chi connectivity index (χ1n) is 7.40. The van der Waals surface area contributed by atoms with Gasteiger partial charge in [-0.3, -0.25) is 0 Å². The Kier molecular flexibility index (Phi) is 8.89. The van der Waals surface area contributed by atoms with Gasteiger partial charge in [-0.25, -0.2) is 0 Å². The van der Waals surface area contributed by atoms with Crippen molar-refractivity contribution >= 4 is 0 Å². The molecule has 1 N–H and O–H groups in total. The summed E-state index contributed by atoms with van der Waals surface area (Å²) in [6, 6.07) is 0.580. The van der Waals surface area contributed by atoms with Crippen molar-refractivity contribution in [1.29, 1.82) is 0 Å². The minimum atomic E-state index is 0.108. The first kappa shape index (κ1) is 16.9. The Hall–Kier alpha value is -0.0800. The maximum Gasteiger partial charge on any atom is 0.0499 e. The lowest BCUT2D eigenvalue weighted by Gasteiger charge is -2.38. The summed E-state index contributed by atoms with van der Waals surface area (Å²) >= 11 is 0. The number of rotatable bonds is 10. The van der Waals surface area contributed by atoms with E-state index in [2.05, 4.69) is 39.5 Å². The molecular weight excluding hydrogens is 210 g/mol. The van der Waals surface area contributed by atoms with Gasteiger partial charge in [0.2, 0.25) is 0 Å². The zero-order valence-corrected chi connectivity index (χ0v) is 12.6. The third-order valence-corrected chi connectivity index (χ3v) is 4.15. The molecule has 0 bridgehead atoms. The van der Waals surface area contributed by atoms with Crippen LogP contribution in [-0.4, -0.2) is 35.7 Å². The van der Waals surface area contributed by atoms with Crippen LogP contribution in [0.1, 0.15) is 66.7 Å². The molecule has 2 heteroatoms. The zero-order valence-electron chi connectivity index (χ0n) is 12.6. The lowest BCUT2D eigenvalue weighted by Crippen LogP contribution is -2.43. The van der Waals surface area contributed by atoms with Crippen LogP contribution in [0, 0.1) is 5.41 Å². The molecule has 0 fully saturated rings. The number of aliphatic hydroxyl groups excluding tert-OH is 1. The molecule has 0 aliphatic heterocycles. The van der Waals surface area contributed by atoms with Crippen LogP contribution in [0.3, 0.4) is 0 Å². The highest BCUT2D eigenvalue weighted by Crippen LogP contribution is 2.27. The van der Waals surface area contributed by atoms with Crippen molar-refractivity contribution in [2.45, 2.75) is 72.8 Å². The molecule has 104 valence electrons. The molecule has 0 radical (unpaired) electrons. The second kappa shape index (κ2) is 8.93. The van der Waals surface area contributed by atoms with E-state index in [0.717, 1.165) is 19.4 Å². The quantitative estimate of drug-likeness (QED) is 0.592. The molecule has 0 amide bonds. The highest BCUT2D eigenvalue weighted by atomic mass is 16.3. The molecule has 0 unspecified atom stereocenters. The van der Waals surface area contributed by atoms with E-state index in [1.54, 1.807) is 0 Å². The van der Waals surface area contributed by atoms with Gasteiger partial charge in [-0.15, -0.1) is 0 Å². The second-order valence-electron chi connectivity index (χ2n) is 5.64. The van der Waals surface area contributed by atoms with E-state index < -0.39 is 0 Å². The lowest BCUT2D eigenvalue weighted by molar-refractivity contribution is 0.0522. The van der Waals surface area contributed by atoms with Crippen LogP contribution in [0.25, 0.3) is 0 Å². The van der Waals surface area contributed by atoms with Gasteiger partial charge in [0.05, 0.1) is 0 Å². The van der Waals surface area contributed by atoms with Gasteiger partial charge in [0.15, 0.2) is 0 Å². The Morgan fingerprint density at radius 2 is 1.65 bits per heavy atom. The normalized spacial score (nSPS) is 12.7. The average molecular weight is 243 g/mol. The number of hydrogen-bond donors (Lipinski definition) is 1. The van der Waals surface area contributed by atoms with Crippen molar-refractivity contribution in [3.05, 3.63) is 0 Å². The number of aliphatic hydroxyl groups is 1. The summed E-state index contributed by atoms with van der Waals surface area (Å²) in [6.07, 6.45) is 6.00. The van der Waals surface area contributed by atoms with Crippen LogP contribution >= 0.6 is 0 Å². The Morgan fingerprint density at radius 3 is 2.00 bits per heavy atom. The predicted molar refractivity (Wildman–Crippen MR) is 76.3 cm³/mol. The first-order valence-corrected chi connectivity index (χ1v) is 7.40. The third kappa shape index (κ3) is 5.87. The Balaban J connectivity index is 4.39. The number of nitrogens with zero attached hydrogens (tertiary/aromatic N) is 1. The van der Waals surface area contributed by atoms with Gasteiger partial charge in [-0.2, -0.15) is 0 Å². The van der Waals surface area contributed by atoms with Gasteiger partial charge in [-0.1, -0.05) is 33.6 Å². The van der Waals surface area contributed by atoms with Gasteiger partial charge >= 0.3 is 0 Å². The standard InChI is InChI=1S/C15H33NO/c1-6-9-10-11-16(14(4)5)12-15(7-2,8-3)13-17/h14,17H,6-13H2,1-5H3. The lowest BCUT2D eigenvalue weighted by atomic mass is 9.82. The van der Waals surface area contributed by atoms with E-state index in [1.807, 2.05) is 0 Å². The molecule has 17 heavy (non-hydrogen) atoms. The molecule has 0 aliphatic carbocycles. The number of unbranched alkanes of at least 4 members (excludes halogenated alkanes) is 2. The summed E-state index contributed by atoms with van der Waals surface area (Å²) in [4.78, 5) is 2.54. The summed E-state index contributed by atoms with van der Waals surface area (Å²) in [5.74, 6) is 0. The van der Waals surface area contributed by atoms with E-state index in [9.17, 15) is 5.11 Å². The molecule has 0 saturated carbocycles. The number of hydrogen-bond acceptors (Lipinski definition) is 2. The fraction of sp³-hybridized carbons (Fsp3) is 1.00. The maximum absolute atomic E-state index is 9.65. The minimum absolute atomic E-state index is 0.108. The Morgan fingerprint density at radius 1 is 1.06 bits per heavy atom. The smallest absolute Gasteiger partial charge is 0.0499 e. The third-order valence-electron chi connectivity index (χ3n) is 4.15. The largest absolute Gasteiger partial charge is 0.396 e. The van der Waals surface area contributed by atoms with E-state index in [0.29, 0.717) is 12.6 Å². The van der Waals surface area contributed by atoms with Crippen LogP contribution in [0.15, 0.2) is 0 Å².